The minimum atomic E-state index is -4.53. The van der Waals surface area contributed by atoms with Crippen LogP contribution in [-0.2, 0) is 17.5 Å². The number of carbonyl (C=O) groups excluding carboxylic acids is 2. The first-order valence-electron chi connectivity index (χ1n) is 10.3. The Morgan fingerprint density at radius 2 is 1.89 bits per heavy atom. The van der Waals surface area contributed by atoms with Crippen LogP contribution in [0.1, 0.15) is 24.1 Å². The molecule has 0 atom stereocenters. The van der Waals surface area contributed by atoms with Crippen molar-refractivity contribution in [2.24, 2.45) is 0 Å². The molecule has 1 aliphatic carbocycles. The van der Waals surface area contributed by atoms with Crippen LogP contribution in [0.15, 0.2) is 59.5 Å². The standard InChI is InChI=1S/C22H18BrF3N6O3/c23-13-1-4-18(17(9-13)22(24,25)26)31-15-3-2-14(27-11-15)10-28-19(33)21(6-7-21)32-20(34)35-16-5-8-29-30-12-16/h1-5,8-9,11-12,31H,6-7,10H2,(H,28,33)(H,32,34). The van der Waals surface area contributed by atoms with Crippen molar-refractivity contribution in [3.63, 3.8) is 0 Å². The van der Waals surface area contributed by atoms with Crippen LogP contribution in [0.3, 0.4) is 0 Å². The number of rotatable bonds is 7. The molecule has 35 heavy (non-hydrogen) atoms. The monoisotopic (exact) mass is 550 g/mol. The summed E-state index contributed by atoms with van der Waals surface area (Å²) in [6.45, 7) is 0.0674. The summed E-state index contributed by atoms with van der Waals surface area (Å²) in [5.74, 6) is -0.201. The van der Waals surface area contributed by atoms with E-state index in [1.165, 1.54) is 36.8 Å². The van der Waals surface area contributed by atoms with Gasteiger partial charge in [0.15, 0.2) is 5.75 Å². The van der Waals surface area contributed by atoms with Gasteiger partial charge in [-0.3, -0.25) is 9.78 Å². The molecule has 0 unspecified atom stereocenters. The molecule has 2 aromatic heterocycles. The number of aromatic nitrogens is 3. The van der Waals surface area contributed by atoms with Gasteiger partial charge in [-0.2, -0.15) is 23.4 Å². The second-order valence-corrected chi connectivity index (χ2v) is 8.62. The molecule has 0 aliphatic heterocycles. The highest BCUT2D eigenvalue weighted by Crippen LogP contribution is 2.38. The number of ether oxygens (including phenoxy) is 1. The fourth-order valence-corrected chi connectivity index (χ4v) is 3.52. The summed E-state index contributed by atoms with van der Waals surface area (Å²) in [4.78, 5) is 28.9. The Balaban J connectivity index is 1.32. The van der Waals surface area contributed by atoms with E-state index in [0.29, 0.717) is 28.7 Å². The number of nitrogens with one attached hydrogen (secondary N) is 3. The number of amides is 2. The maximum Gasteiger partial charge on any atom is 0.418 e. The number of alkyl halides is 3. The van der Waals surface area contributed by atoms with Crippen LogP contribution in [0.2, 0.25) is 0 Å². The molecule has 182 valence electrons. The molecule has 3 N–H and O–H groups in total. The lowest BCUT2D eigenvalue weighted by molar-refractivity contribution is -0.137. The molecule has 9 nitrogen and oxygen atoms in total. The van der Waals surface area contributed by atoms with E-state index in [2.05, 4.69) is 47.1 Å². The first-order chi connectivity index (χ1) is 16.6. The zero-order chi connectivity index (χ0) is 25.1. The maximum atomic E-state index is 13.3. The molecule has 0 saturated heterocycles. The van der Waals surface area contributed by atoms with E-state index >= 15 is 0 Å². The van der Waals surface area contributed by atoms with Gasteiger partial charge in [0, 0.05) is 10.5 Å². The Morgan fingerprint density at radius 3 is 2.51 bits per heavy atom. The van der Waals surface area contributed by atoms with Crippen molar-refractivity contribution in [3.8, 4) is 5.75 Å². The molecule has 2 amide bonds. The van der Waals surface area contributed by atoms with E-state index in [-0.39, 0.29) is 18.0 Å². The van der Waals surface area contributed by atoms with Crippen LogP contribution in [0.5, 0.6) is 5.75 Å². The highest BCUT2D eigenvalue weighted by atomic mass is 79.9. The molecule has 3 aromatic rings. The zero-order valence-corrected chi connectivity index (χ0v) is 19.5. The highest BCUT2D eigenvalue weighted by molar-refractivity contribution is 9.10. The second-order valence-electron chi connectivity index (χ2n) is 7.71. The molecule has 4 rings (SSSR count). The first-order valence-corrected chi connectivity index (χ1v) is 11.1. The Hall–Kier alpha value is -3.74. The van der Waals surface area contributed by atoms with Crippen molar-refractivity contribution in [3.05, 3.63) is 70.7 Å². The van der Waals surface area contributed by atoms with E-state index in [1.807, 2.05) is 0 Å². The van der Waals surface area contributed by atoms with Crippen LogP contribution in [0.25, 0.3) is 0 Å². The van der Waals surface area contributed by atoms with Gasteiger partial charge in [0.25, 0.3) is 0 Å². The lowest BCUT2D eigenvalue weighted by atomic mass is 10.1. The topological polar surface area (TPSA) is 118 Å². The number of nitrogens with zero attached hydrogens (tertiary/aromatic N) is 3. The molecule has 13 heteroatoms. The van der Waals surface area contributed by atoms with Gasteiger partial charge in [0.1, 0.15) is 5.54 Å². The largest absolute Gasteiger partial charge is 0.418 e. The molecule has 2 heterocycles. The summed E-state index contributed by atoms with van der Waals surface area (Å²) >= 11 is 3.05. The van der Waals surface area contributed by atoms with E-state index in [4.69, 9.17) is 4.74 Å². The molecule has 0 radical (unpaired) electrons. The van der Waals surface area contributed by atoms with Crippen LogP contribution in [0.4, 0.5) is 29.3 Å². The Bertz CT molecular complexity index is 1220. The van der Waals surface area contributed by atoms with Gasteiger partial charge in [0.2, 0.25) is 5.91 Å². The van der Waals surface area contributed by atoms with E-state index < -0.39 is 29.3 Å². The third-order valence-electron chi connectivity index (χ3n) is 5.11. The van der Waals surface area contributed by atoms with Gasteiger partial charge >= 0.3 is 12.3 Å². The SMILES string of the molecule is O=C(NC1(C(=O)NCc2ccc(Nc3ccc(Br)cc3C(F)(F)F)cn2)CC1)Oc1ccnnc1. The highest BCUT2D eigenvalue weighted by Gasteiger charge is 2.51. The number of pyridine rings is 1. The summed E-state index contributed by atoms with van der Waals surface area (Å²) in [5.41, 5.74) is -1.16. The van der Waals surface area contributed by atoms with Gasteiger partial charge in [-0.25, -0.2) is 4.79 Å². The number of hydrogen-bond donors (Lipinski definition) is 3. The van der Waals surface area contributed by atoms with Crippen molar-refractivity contribution in [2.45, 2.75) is 31.1 Å². The fourth-order valence-electron chi connectivity index (χ4n) is 3.16. The Morgan fingerprint density at radius 1 is 1.09 bits per heavy atom. The first kappa shape index (κ1) is 24.4. The minimum absolute atomic E-state index is 0.0674. The number of hydrogen-bond acceptors (Lipinski definition) is 7. The van der Waals surface area contributed by atoms with Crippen molar-refractivity contribution < 1.29 is 27.5 Å². The fraction of sp³-hybridized carbons (Fsp3) is 0.227. The van der Waals surface area contributed by atoms with Gasteiger partial charge in [-0.15, -0.1) is 0 Å². The van der Waals surface area contributed by atoms with Crippen LogP contribution in [0, 0.1) is 0 Å². The third-order valence-corrected chi connectivity index (χ3v) is 5.61. The summed E-state index contributed by atoms with van der Waals surface area (Å²) in [7, 11) is 0. The smallest absolute Gasteiger partial charge is 0.409 e. The second kappa shape index (κ2) is 9.86. The summed E-state index contributed by atoms with van der Waals surface area (Å²) in [5, 5.41) is 15.2. The number of anilines is 2. The Labute approximate surface area is 205 Å². The summed E-state index contributed by atoms with van der Waals surface area (Å²) in [6.07, 6.45) is -0.409. The summed E-state index contributed by atoms with van der Waals surface area (Å²) < 4.78 is 45.3. The molecule has 0 bridgehead atoms. The van der Waals surface area contributed by atoms with Crippen molar-refractivity contribution in [1.82, 2.24) is 25.8 Å². The normalized spacial score (nSPS) is 14.1. The average Bonchev–Trinajstić information content (AvgIpc) is 3.60. The van der Waals surface area contributed by atoms with Crippen molar-refractivity contribution >= 4 is 39.3 Å². The zero-order valence-electron chi connectivity index (χ0n) is 17.9. The molecule has 0 spiro atoms. The number of carbonyl (C=O) groups is 2. The van der Waals surface area contributed by atoms with Gasteiger partial charge in [-0.05, 0) is 43.2 Å². The van der Waals surface area contributed by atoms with Gasteiger partial charge < -0.3 is 20.7 Å². The molecule has 1 aliphatic rings. The molecule has 1 saturated carbocycles. The predicted octanol–water partition coefficient (Wildman–Crippen LogP) is 4.33. The summed E-state index contributed by atoms with van der Waals surface area (Å²) in [6, 6.07) is 8.40. The lowest BCUT2D eigenvalue weighted by Crippen LogP contribution is -2.49. The van der Waals surface area contributed by atoms with E-state index in [9.17, 15) is 22.8 Å². The predicted molar refractivity (Wildman–Crippen MR) is 122 cm³/mol. The number of halogens is 4. The van der Waals surface area contributed by atoms with Crippen molar-refractivity contribution in [1.29, 1.82) is 0 Å². The quantitative estimate of drug-likeness (QED) is 0.400. The number of benzene rings is 1. The third kappa shape index (κ3) is 6.23. The molecule has 1 aromatic carbocycles. The van der Waals surface area contributed by atoms with Gasteiger partial charge in [-0.1, -0.05) is 15.9 Å². The average molecular weight is 551 g/mol. The van der Waals surface area contributed by atoms with Crippen LogP contribution < -0.4 is 20.7 Å². The van der Waals surface area contributed by atoms with E-state index in [0.717, 1.165) is 6.07 Å². The molecule has 1 fully saturated rings. The van der Waals surface area contributed by atoms with Gasteiger partial charge in [0.05, 0.1) is 47.8 Å². The molecular weight excluding hydrogens is 533 g/mol. The molecular formula is C22H18BrF3N6O3. The maximum absolute atomic E-state index is 13.3. The van der Waals surface area contributed by atoms with Crippen molar-refractivity contribution in [2.75, 3.05) is 5.32 Å². The Kier molecular flexibility index (Phi) is 6.87. The lowest BCUT2D eigenvalue weighted by Gasteiger charge is -2.17. The minimum Gasteiger partial charge on any atom is -0.409 e. The van der Waals surface area contributed by atoms with Crippen LogP contribution in [-0.4, -0.2) is 32.7 Å². The van der Waals surface area contributed by atoms with Crippen LogP contribution >= 0.6 is 15.9 Å². The van der Waals surface area contributed by atoms with E-state index in [1.54, 1.807) is 12.1 Å².